The van der Waals surface area contributed by atoms with Crippen LogP contribution in [0.1, 0.15) is 126 Å². The minimum atomic E-state index is -0.144. The summed E-state index contributed by atoms with van der Waals surface area (Å²) in [7, 11) is 0. The molecule has 2 nitrogen and oxygen atoms in total. The normalized spacial score (nSPS) is 23.9. The van der Waals surface area contributed by atoms with Crippen molar-refractivity contribution in [3.63, 3.8) is 0 Å². The molecular formula is C29H44O2. The third kappa shape index (κ3) is 7.81. The fourth-order valence-corrected chi connectivity index (χ4v) is 5.31. The number of carbonyl (C=O) groups is 1. The minimum absolute atomic E-state index is 0.111. The molecule has 0 radical (unpaired) electrons. The van der Waals surface area contributed by atoms with Crippen molar-refractivity contribution in [1.29, 1.82) is 0 Å². The van der Waals surface area contributed by atoms with Crippen LogP contribution < -0.4 is 0 Å². The van der Waals surface area contributed by atoms with E-state index in [1.54, 1.807) is 0 Å². The van der Waals surface area contributed by atoms with E-state index in [0.717, 1.165) is 31.1 Å². The molecular weight excluding hydrogens is 380 g/mol. The highest BCUT2D eigenvalue weighted by Gasteiger charge is 2.24. The lowest BCUT2D eigenvalue weighted by Gasteiger charge is -2.28. The van der Waals surface area contributed by atoms with Crippen molar-refractivity contribution >= 4 is 11.5 Å². The van der Waals surface area contributed by atoms with Gasteiger partial charge in [-0.2, -0.15) is 0 Å². The largest absolute Gasteiger partial charge is 0.459 e. The second-order valence-electron chi connectivity index (χ2n) is 9.96. The molecule has 0 amide bonds. The average molecular weight is 425 g/mol. The number of ether oxygens (including phenoxy) is 1. The molecule has 31 heavy (non-hydrogen) atoms. The van der Waals surface area contributed by atoms with Gasteiger partial charge in [0.2, 0.25) is 0 Å². The van der Waals surface area contributed by atoms with Gasteiger partial charge >= 0.3 is 5.97 Å². The Balaban J connectivity index is 1.37. The summed E-state index contributed by atoms with van der Waals surface area (Å²) in [5, 5.41) is 0. The molecule has 1 aromatic carbocycles. The van der Waals surface area contributed by atoms with Crippen LogP contribution in [0.3, 0.4) is 0 Å². The summed E-state index contributed by atoms with van der Waals surface area (Å²) < 4.78 is 5.86. The van der Waals surface area contributed by atoms with Gasteiger partial charge in [0.05, 0.1) is 5.56 Å². The van der Waals surface area contributed by atoms with Crippen LogP contribution in [-0.2, 0) is 4.74 Å². The van der Waals surface area contributed by atoms with Crippen molar-refractivity contribution in [1.82, 2.24) is 0 Å². The molecule has 0 heterocycles. The van der Waals surface area contributed by atoms with E-state index in [1.807, 2.05) is 12.1 Å². The first-order valence-corrected chi connectivity index (χ1v) is 13.2. The van der Waals surface area contributed by atoms with Crippen molar-refractivity contribution in [2.24, 2.45) is 11.8 Å². The molecule has 172 valence electrons. The lowest BCUT2D eigenvalue weighted by molar-refractivity contribution is 0.0161. The first-order chi connectivity index (χ1) is 15.2. The maximum atomic E-state index is 12.6. The number of carbonyl (C=O) groups excluding carboxylic acids is 1. The molecule has 1 unspecified atom stereocenters. The quantitative estimate of drug-likeness (QED) is 0.262. The monoisotopic (exact) mass is 424 g/mol. The van der Waals surface area contributed by atoms with Gasteiger partial charge in [-0.25, -0.2) is 4.79 Å². The van der Waals surface area contributed by atoms with Gasteiger partial charge < -0.3 is 4.74 Å². The molecule has 1 fully saturated rings. The maximum absolute atomic E-state index is 12.6. The van der Waals surface area contributed by atoms with Gasteiger partial charge in [-0.15, -0.1) is 0 Å². The SMILES string of the molecule is CCCCCCCC[C@H]1CC[C@H](OC(=O)c2ccc(C3=CCC(CC)CC3)cc2)CC1. The van der Waals surface area contributed by atoms with Crippen molar-refractivity contribution < 1.29 is 9.53 Å². The van der Waals surface area contributed by atoms with E-state index < -0.39 is 0 Å². The molecule has 0 bridgehead atoms. The highest BCUT2D eigenvalue weighted by Crippen LogP contribution is 2.33. The van der Waals surface area contributed by atoms with Crippen LogP contribution in [0.2, 0.25) is 0 Å². The summed E-state index contributed by atoms with van der Waals surface area (Å²) >= 11 is 0. The lowest BCUT2D eigenvalue weighted by atomic mass is 9.84. The van der Waals surface area contributed by atoms with Crippen molar-refractivity contribution in [3.05, 3.63) is 41.5 Å². The lowest BCUT2D eigenvalue weighted by Crippen LogP contribution is -2.24. The van der Waals surface area contributed by atoms with Gasteiger partial charge in [0.1, 0.15) is 6.10 Å². The van der Waals surface area contributed by atoms with E-state index >= 15 is 0 Å². The predicted molar refractivity (Wildman–Crippen MR) is 131 cm³/mol. The number of unbranched alkanes of at least 4 members (excludes halogenated alkanes) is 5. The van der Waals surface area contributed by atoms with Crippen LogP contribution in [0, 0.1) is 11.8 Å². The average Bonchev–Trinajstić information content (AvgIpc) is 2.82. The van der Waals surface area contributed by atoms with Crippen LogP contribution in [0.5, 0.6) is 0 Å². The number of hydrogen-bond acceptors (Lipinski definition) is 2. The number of allylic oxidation sites excluding steroid dienone is 2. The van der Waals surface area contributed by atoms with Crippen molar-refractivity contribution in [2.75, 3.05) is 0 Å². The van der Waals surface area contributed by atoms with E-state index in [0.29, 0.717) is 5.56 Å². The smallest absolute Gasteiger partial charge is 0.338 e. The Morgan fingerprint density at radius 1 is 0.871 bits per heavy atom. The Labute approximate surface area is 190 Å². The zero-order chi connectivity index (χ0) is 21.9. The first-order valence-electron chi connectivity index (χ1n) is 13.2. The summed E-state index contributed by atoms with van der Waals surface area (Å²) in [6.07, 6.45) is 21.6. The van der Waals surface area contributed by atoms with Crippen LogP contribution >= 0.6 is 0 Å². The molecule has 2 heteroatoms. The fourth-order valence-electron chi connectivity index (χ4n) is 5.31. The number of esters is 1. The third-order valence-electron chi connectivity index (χ3n) is 7.62. The van der Waals surface area contributed by atoms with Gasteiger partial charge in [-0.3, -0.25) is 0 Å². The highest BCUT2D eigenvalue weighted by atomic mass is 16.5. The van der Waals surface area contributed by atoms with Gasteiger partial charge in [0.25, 0.3) is 0 Å². The molecule has 0 spiro atoms. The molecule has 1 aromatic rings. The molecule has 0 N–H and O–H groups in total. The number of rotatable bonds is 11. The fraction of sp³-hybridized carbons (Fsp3) is 0.690. The van der Waals surface area contributed by atoms with Crippen LogP contribution in [-0.4, -0.2) is 12.1 Å². The standard InChI is InChI=1S/C29H44O2/c1-3-5-6-7-8-9-10-24-13-21-28(22-14-24)31-29(30)27-19-17-26(18-20-27)25-15-11-23(4-2)12-16-25/h15,17-20,23-24,28H,3-14,16,21-22H2,1-2H3/t23?,24-,28-. The second kappa shape index (κ2) is 13.1. The van der Waals surface area contributed by atoms with Crippen LogP contribution in [0.4, 0.5) is 0 Å². The Morgan fingerprint density at radius 2 is 1.58 bits per heavy atom. The highest BCUT2D eigenvalue weighted by molar-refractivity contribution is 5.90. The summed E-state index contributed by atoms with van der Waals surface area (Å²) in [5.74, 6) is 1.55. The summed E-state index contributed by atoms with van der Waals surface area (Å²) in [5.41, 5.74) is 3.40. The molecule has 0 aromatic heterocycles. The zero-order valence-electron chi connectivity index (χ0n) is 20.0. The Kier molecular flexibility index (Phi) is 10.2. The third-order valence-corrected chi connectivity index (χ3v) is 7.62. The molecule has 0 aliphatic heterocycles. The summed E-state index contributed by atoms with van der Waals surface area (Å²) in [4.78, 5) is 12.6. The van der Waals surface area contributed by atoms with E-state index in [-0.39, 0.29) is 12.1 Å². The predicted octanol–water partition coefficient (Wildman–Crippen LogP) is 8.75. The van der Waals surface area contributed by atoms with Gasteiger partial charge in [0, 0.05) is 0 Å². The molecule has 2 aliphatic carbocycles. The van der Waals surface area contributed by atoms with E-state index in [2.05, 4.69) is 32.1 Å². The molecule has 1 saturated carbocycles. The van der Waals surface area contributed by atoms with Crippen molar-refractivity contribution in [3.8, 4) is 0 Å². The van der Waals surface area contributed by atoms with E-state index in [4.69, 9.17) is 4.74 Å². The van der Waals surface area contributed by atoms with Crippen LogP contribution in [0.15, 0.2) is 30.3 Å². The van der Waals surface area contributed by atoms with Gasteiger partial charge in [-0.1, -0.05) is 83.4 Å². The Hall–Kier alpha value is -1.57. The van der Waals surface area contributed by atoms with Gasteiger partial charge in [0.15, 0.2) is 0 Å². The summed E-state index contributed by atoms with van der Waals surface area (Å²) in [6, 6.07) is 8.11. The van der Waals surface area contributed by atoms with Gasteiger partial charge in [-0.05, 0) is 80.1 Å². The minimum Gasteiger partial charge on any atom is -0.459 e. The first kappa shape index (κ1) is 24.1. The van der Waals surface area contributed by atoms with E-state index in [9.17, 15) is 4.79 Å². The Bertz CT molecular complexity index is 679. The maximum Gasteiger partial charge on any atom is 0.338 e. The second-order valence-corrected chi connectivity index (χ2v) is 9.96. The molecule has 1 atom stereocenters. The Morgan fingerprint density at radius 3 is 2.23 bits per heavy atom. The van der Waals surface area contributed by atoms with Crippen molar-refractivity contribution in [2.45, 2.75) is 116 Å². The topological polar surface area (TPSA) is 26.3 Å². The molecule has 0 saturated heterocycles. The van der Waals surface area contributed by atoms with E-state index in [1.165, 1.54) is 88.2 Å². The summed E-state index contributed by atoms with van der Waals surface area (Å²) in [6.45, 7) is 4.56. The van der Waals surface area contributed by atoms with Crippen LogP contribution in [0.25, 0.3) is 5.57 Å². The zero-order valence-corrected chi connectivity index (χ0v) is 20.0. The number of hydrogen-bond donors (Lipinski definition) is 0. The molecule has 3 rings (SSSR count). The number of benzene rings is 1. The molecule has 2 aliphatic rings.